The Bertz CT molecular complexity index is 730. The molecule has 0 aromatic carbocycles. The minimum Gasteiger partial charge on any atom is -0.310 e. The number of hydrogen-bond donors (Lipinski definition) is 1. The molecule has 2 aromatic rings. The van der Waals surface area contributed by atoms with Crippen LogP contribution in [0.2, 0.25) is 0 Å². The predicted octanol–water partition coefficient (Wildman–Crippen LogP) is 1.68. The van der Waals surface area contributed by atoms with E-state index < -0.39 is 9.84 Å². The zero-order chi connectivity index (χ0) is 14.3. The first-order valence-electron chi connectivity index (χ1n) is 6.83. The van der Waals surface area contributed by atoms with Crippen molar-refractivity contribution in [2.24, 2.45) is 0 Å². The lowest BCUT2D eigenvalue weighted by Crippen LogP contribution is -2.30. The molecule has 0 amide bonds. The largest absolute Gasteiger partial charge is 0.310 e. The third-order valence-corrected chi connectivity index (χ3v) is 7.18. The molecule has 3 heterocycles. The van der Waals surface area contributed by atoms with Crippen LogP contribution in [0.25, 0.3) is 4.96 Å². The quantitative estimate of drug-likeness (QED) is 0.933. The fourth-order valence-corrected chi connectivity index (χ4v) is 5.55. The van der Waals surface area contributed by atoms with E-state index in [0.29, 0.717) is 18.8 Å². The maximum absolute atomic E-state index is 11.8. The van der Waals surface area contributed by atoms with Crippen LogP contribution in [0.3, 0.4) is 0 Å². The predicted molar refractivity (Wildman–Crippen MR) is 81.1 cm³/mol. The van der Waals surface area contributed by atoms with Crippen LogP contribution in [0.4, 0.5) is 0 Å². The third-order valence-electron chi connectivity index (χ3n) is 3.96. The van der Waals surface area contributed by atoms with Crippen molar-refractivity contribution in [3.8, 4) is 0 Å². The van der Waals surface area contributed by atoms with Crippen molar-refractivity contribution in [3.63, 3.8) is 0 Å². The first-order valence-corrected chi connectivity index (χ1v) is 9.43. The van der Waals surface area contributed by atoms with Crippen LogP contribution in [-0.2, 0) is 16.4 Å². The van der Waals surface area contributed by atoms with Gasteiger partial charge in [0.15, 0.2) is 14.8 Å². The molecule has 7 heteroatoms. The summed E-state index contributed by atoms with van der Waals surface area (Å²) >= 11 is 1.64. The Morgan fingerprint density at radius 3 is 3.00 bits per heavy atom. The molecule has 2 aromatic heterocycles. The number of sulfone groups is 1. The molecule has 1 unspecified atom stereocenters. The van der Waals surface area contributed by atoms with E-state index >= 15 is 0 Å². The van der Waals surface area contributed by atoms with Crippen molar-refractivity contribution in [3.05, 3.63) is 22.5 Å². The molecule has 1 aliphatic rings. The van der Waals surface area contributed by atoms with Crippen molar-refractivity contribution in [1.29, 1.82) is 0 Å². The summed E-state index contributed by atoms with van der Waals surface area (Å²) in [4.78, 5) is 5.54. The molecule has 1 aliphatic heterocycles. The SMILES string of the molecule is Cc1nc2scc(C)n2c1CNCC1CCCS1(=O)=O. The highest BCUT2D eigenvalue weighted by Gasteiger charge is 2.30. The second-order valence-corrected chi connectivity index (χ2v) is 8.64. The average Bonchev–Trinajstić information content (AvgIpc) is 2.99. The van der Waals surface area contributed by atoms with Crippen molar-refractivity contribution in [2.75, 3.05) is 12.3 Å². The molecule has 0 aliphatic carbocycles. The molecule has 1 atom stereocenters. The number of thiazole rings is 1. The van der Waals surface area contributed by atoms with Crippen molar-refractivity contribution in [2.45, 2.75) is 38.5 Å². The van der Waals surface area contributed by atoms with E-state index in [1.807, 2.05) is 6.92 Å². The molecule has 1 fully saturated rings. The monoisotopic (exact) mass is 313 g/mol. The lowest BCUT2D eigenvalue weighted by molar-refractivity contribution is 0.571. The Labute approximate surface area is 122 Å². The number of rotatable bonds is 4. The third kappa shape index (κ3) is 2.38. The smallest absolute Gasteiger partial charge is 0.194 e. The van der Waals surface area contributed by atoms with E-state index in [4.69, 9.17) is 0 Å². The fraction of sp³-hybridized carbons (Fsp3) is 0.615. The first kappa shape index (κ1) is 14.0. The van der Waals surface area contributed by atoms with E-state index in [1.165, 1.54) is 5.69 Å². The summed E-state index contributed by atoms with van der Waals surface area (Å²) in [6.45, 7) is 5.27. The summed E-state index contributed by atoms with van der Waals surface area (Å²) in [7, 11) is -2.86. The molecule has 110 valence electrons. The lowest BCUT2D eigenvalue weighted by atomic mass is 10.2. The van der Waals surface area contributed by atoms with Gasteiger partial charge in [-0.05, 0) is 26.7 Å². The number of nitrogens with zero attached hydrogens (tertiary/aromatic N) is 2. The van der Waals surface area contributed by atoms with Crippen LogP contribution >= 0.6 is 11.3 Å². The van der Waals surface area contributed by atoms with Gasteiger partial charge in [0.25, 0.3) is 0 Å². The molecule has 1 saturated heterocycles. The summed E-state index contributed by atoms with van der Waals surface area (Å²) < 4.78 is 25.7. The average molecular weight is 313 g/mol. The van der Waals surface area contributed by atoms with E-state index in [0.717, 1.165) is 29.2 Å². The lowest BCUT2D eigenvalue weighted by Gasteiger charge is -2.11. The summed E-state index contributed by atoms with van der Waals surface area (Å²) in [6.07, 6.45) is 1.59. The number of aromatic nitrogens is 2. The van der Waals surface area contributed by atoms with Gasteiger partial charge >= 0.3 is 0 Å². The first-order chi connectivity index (χ1) is 9.49. The molecule has 0 bridgehead atoms. The Kier molecular flexibility index (Phi) is 3.60. The van der Waals surface area contributed by atoms with E-state index in [1.54, 1.807) is 11.3 Å². The molecule has 0 radical (unpaired) electrons. The van der Waals surface area contributed by atoms with Gasteiger partial charge in [0.2, 0.25) is 0 Å². The Morgan fingerprint density at radius 2 is 2.30 bits per heavy atom. The molecule has 0 spiro atoms. The highest BCUT2D eigenvalue weighted by atomic mass is 32.2. The fourth-order valence-electron chi connectivity index (χ4n) is 2.81. The van der Waals surface area contributed by atoms with Crippen molar-refractivity contribution < 1.29 is 8.42 Å². The van der Waals surface area contributed by atoms with Gasteiger partial charge in [0, 0.05) is 24.2 Å². The van der Waals surface area contributed by atoms with Gasteiger partial charge in [-0.15, -0.1) is 11.3 Å². The van der Waals surface area contributed by atoms with E-state index in [-0.39, 0.29) is 5.25 Å². The van der Waals surface area contributed by atoms with Crippen molar-refractivity contribution in [1.82, 2.24) is 14.7 Å². The zero-order valence-electron chi connectivity index (χ0n) is 11.7. The molecular formula is C13H19N3O2S2. The summed E-state index contributed by atoms with van der Waals surface area (Å²) in [5.74, 6) is 0.346. The van der Waals surface area contributed by atoms with Crippen molar-refractivity contribution >= 4 is 26.1 Å². The number of fused-ring (bicyclic) bond motifs is 1. The summed E-state index contributed by atoms with van der Waals surface area (Å²) in [5, 5.41) is 5.18. The normalized spacial score (nSPS) is 21.8. The highest BCUT2D eigenvalue weighted by molar-refractivity contribution is 7.92. The Balaban J connectivity index is 1.71. The number of nitrogens with one attached hydrogen (secondary N) is 1. The van der Waals surface area contributed by atoms with E-state index in [9.17, 15) is 8.42 Å². The molecule has 0 saturated carbocycles. The molecular weight excluding hydrogens is 294 g/mol. The topological polar surface area (TPSA) is 63.5 Å². The molecule has 5 nitrogen and oxygen atoms in total. The highest BCUT2D eigenvalue weighted by Crippen LogP contribution is 2.21. The van der Waals surface area contributed by atoms with Crippen LogP contribution < -0.4 is 5.32 Å². The zero-order valence-corrected chi connectivity index (χ0v) is 13.4. The van der Waals surface area contributed by atoms with Crippen LogP contribution in [-0.4, -0.2) is 35.4 Å². The summed E-state index contributed by atoms with van der Waals surface area (Å²) in [6, 6.07) is 0. The van der Waals surface area contributed by atoms with E-state index in [2.05, 4.69) is 27.0 Å². The maximum atomic E-state index is 11.8. The van der Waals surface area contributed by atoms with Crippen LogP contribution in [0.1, 0.15) is 29.9 Å². The Hall–Kier alpha value is -0.920. The van der Waals surface area contributed by atoms with Gasteiger partial charge in [-0.25, -0.2) is 13.4 Å². The second-order valence-electron chi connectivity index (χ2n) is 5.40. The number of aryl methyl sites for hydroxylation is 2. The van der Waals surface area contributed by atoms with Gasteiger partial charge in [0.1, 0.15) is 0 Å². The van der Waals surface area contributed by atoms with Gasteiger partial charge in [-0.2, -0.15) is 0 Å². The van der Waals surface area contributed by atoms with Gasteiger partial charge < -0.3 is 5.32 Å². The van der Waals surface area contributed by atoms with Crippen LogP contribution in [0.5, 0.6) is 0 Å². The van der Waals surface area contributed by atoms with Gasteiger partial charge in [-0.3, -0.25) is 4.40 Å². The number of hydrogen-bond acceptors (Lipinski definition) is 5. The van der Waals surface area contributed by atoms with Crippen LogP contribution in [0, 0.1) is 13.8 Å². The van der Waals surface area contributed by atoms with Crippen LogP contribution in [0.15, 0.2) is 5.38 Å². The maximum Gasteiger partial charge on any atom is 0.194 e. The van der Waals surface area contributed by atoms with Gasteiger partial charge in [-0.1, -0.05) is 0 Å². The van der Waals surface area contributed by atoms with Gasteiger partial charge in [0.05, 0.1) is 22.4 Å². The second kappa shape index (κ2) is 5.13. The molecule has 1 N–H and O–H groups in total. The Morgan fingerprint density at radius 1 is 1.50 bits per heavy atom. The number of imidazole rings is 1. The molecule has 20 heavy (non-hydrogen) atoms. The molecule has 3 rings (SSSR count). The standard InChI is InChI=1S/C13H19N3O2S2/c1-9-8-19-13-15-10(2)12(16(9)13)7-14-6-11-4-3-5-20(11,17)18/h8,11,14H,3-7H2,1-2H3. The summed E-state index contributed by atoms with van der Waals surface area (Å²) in [5.41, 5.74) is 3.33. The minimum absolute atomic E-state index is 0.213. The minimum atomic E-state index is -2.86.